The van der Waals surface area contributed by atoms with Crippen molar-refractivity contribution in [3.63, 3.8) is 0 Å². The number of piperazine rings is 1. The summed E-state index contributed by atoms with van der Waals surface area (Å²) in [6, 6.07) is 0.454. The fraction of sp³-hybridized carbons (Fsp3) is 0.800. The van der Waals surface area contributed by atoms with Crippen molar-refractivity contribution in [1.82, 2.24) is 35.4 Å². The van der Waals surface area contributed by atoms with Gasteiger partial charge in [-0.05, 0) is 31.6 Å². The van der Waals surface area contributed by atoms with Crippen molar-refractivity contribution < 1.29 is 9.59 Å². The topological polar surface area (TPSA) is 95.4 Å². The van der Waals surface area contributed by atoms with Crippen LogP contribution in [0.2, 0.25) is 0 Å². The lowest BCUT2D eigenvalue weighted by molar-refractivity contribution is -0.124. The number of aromatic nitrogens is 3. The first-order valence-corrected chi connectivity index (χ1v) is 11.1. The highest BCUT2D eigenvalue weighted by Gasteiger charge is 2.26. The predicted octanol–water partition coefficient (Wildman–Crippen LogP) is 0.964. The van der Waals surface area contributed by atoms with E-state index in [1.54, 1.807) is 0 Å². The standard InChI is InChI=1S/C20H33N7O2/c28-19-15-25(10-8-21-19)13-18-14-27(24-23-18)12-16-5-4-9-26(11-16)20(29)22-17-6-2-1-3-7-17/h14,16-17H,1-13,15H2,(H,21,28)(H,22,29)/t16-/m0/s1. The summed E-state index contributed by atoms with van der Waals surface area (Å²) < 4.78 is 1.90. The van der Waals surface area contributed by atoms with Gasteiger partial charge in [0.05, 0.1) is 12.2 Å². The van der Waals surface area contributed by atoms with Crippen LogP contribution in [0.3, 0.4) is 0 Å². The van der Waals surface area contributed by atoms with E-state index in [9.17, 15) is 9.59 Å². The number of piperidine rings is 1. The van der Waals surface area contributed by atoms with Gasteiger partial charge in [0.2, 0.25) is 5.91 Å². The molecule has 29 heavy (non-hydrogen) atoms. The monoisotopic (exact) mass is 403 g/mol. The Balaban J connectivity index is 1.25. The number of likely N-dealkylation sites (tertiary alicyclic amines) is 1. The van der Waals surface area contributed by atoms with E-state index in [0.29, 0.717) is 31.6 Å². The molecule has 1 atom stereocenters. The van der Waals surface area contributed by atoms with Crippen LogP contribution in [0.5, 0.6) is 0 Å². The van der Waals surface area contributed by atoms with Crippen LogP contribution in [0.4, 0.5) is 4.79 Å². The van der Waals surface area contributed by atoms with Gasteiger partial charge < -0.3 is 15.5 Å². The number of amides is 3. The minimum Gasteiger partial charge on any atom is -0.354 e. The smallest absolute Gasteiger partial charge is 0.317 e. The minimum atomic E-state index is 0.0671. The zero-order valence-electron chi connectivity index (χ0n) is 17.2. The van der Waals surface area contributed by atoms with Gasteiger partial charge in [0.1, 0.15) is 0 Å². The van der Waals surface area contributed by atoms with Crippen LogP contribution in [0, 0.1) is 5.92 Å². The molecule has 0 spiro atoms. The van der Waals surface area contributed by atoms with Crippen LogP contribution in [-0.2, 0) is 17.9 Å². The molecule has 0 aromatic carbocycles. The molecule has 3 fully saturated rings. The second-order valence-electron chi connectivity index (χ2n) is 8.73. The van der Waals surface area contributed by atoms with Crippen molar-refractivity contribution in [3.8, 4) is 0 Å². The number of hydrogen-bond acceptors (Lipinski definition) is 5. The number of nitrogens with one attached hydrogen (secondary N) is 2. The van der Waals surface area contributed by atoms with Crippen molar-refractivity contribution in [3.05, 3.63) is 11.9 Å². The summed E-state index contributed by atoms with van der Waals surface area (Å²) in [6.45, 7) is 4.99. The molecule has 160 valence electrons. The zero-order valence-corrected chi connectivity index (χ0v) is 17.2. The average Bonchev–Trinajstić information content (AvgIpc) is 3.15. The Labute approximate surface area is 172 Å². The molecular weight excluding hydrogens is 370 g/mol. The highest BCUT2D eigenvalue weighted by molar-refractivity contribution is 5.78. The lowest BCUT2D eigenvalue weighted by Crippen LogP contribution is -2.49. The summed E-state index contributed by atoms with van der Waals surface area (Å²) in [7, 11) is 0. The van der Waals surface area contributed by atoms with E-state index in [2.05, 4.69) is 25.8 Å². The lowest BCUT2D eigenvalue weighted by atomic mass is 9.95. The van der Waals surface area contributed by atoms with E-state index in [4.69, 9.17) is 0 Å². The third-order valence-electron chi connectivity index (χ3n) is 6.27. The van der Waals surface area contributed by atoms with Crippen molar-refractivity contribution in [2.75, 3.05) is 32.7 Å². The quantitative estimate of drug-likeness (QED) is 0.764. The van der Waals surface area contributed by atoms with Crippen molar-refractivity contribution in [1.29, 1.82) is 0 Å². The molecule has 0 unspecified atom stereocenters. The van der Waals surface area contributed by atoms with Crippen LogP contribution in [0.25, 0.3) is 0 Å². The van der Waals surface area contributed by atoms with Crippen LogP contribution >= 0.6 is 0 Å². The Morgan fingerprint density at radius 2 is 2.03 bits per heavy atom. The molecule has 1 aliphatic carbocycles. The van der Waals surface area contributed by atoms with E-state index in [1.807, 2.05) is 15.8 Å². The maximum atomic E-state index is 12.7. The number of rotatable bonds is 5. The molecule has 3 amide bonds. The Bertz CT molecular complexity index is 701. The van der Waals surface area contributed by atoms with Gasteiger partial charge in [0, 0.05) is 51.5 Å². The van der Waals surface area contributed by atoms with Gasteiger partial charge in [-0.2, -0.15) is 0 Å². The SMILES string of the molecule is O=C1CN(Cc2cn(C[C@H]3CCCN(C(=O)NC4CCCCC4)C3)nn2)CCN1. The molecule has 2 aliphatic heterocycles. The van der Waals surface area contributed by atoms with Crippen LogP contribution in [0.15, 0.2) is 6.20 Å². The Hall–Kier alpha value is -2.16. The lowest BCUT2D eigenvalue weighted by Gasteiger charge is -2.34. The summed E-state index contributed by atoms with van der Waals surface area (Å²) in [6.07, 6.45) is 10.1. The second-order valence-corrected chi connectivity index (χ2v) is 8.73. The normalized spacial score (nSPS) is 24.3. The molecule has 1 aromatic rings. The summed E-state index contributed by atoms with van der Waals surface area (Å²) >= 11 is 0. The van der Waals surface area contributed by atoms with Gasteiger partial charge in [-0.1, -0.05) is 24.5 Å². The van der Waals surface area contributed by atoms with Gasteiger partial charge in [-0.15, -0.1) is 5.10 Å². The minimum absolute atomic E-state index is 0.0671. The number of hydrogen-bond donors (Lipinski definition) is 2. The van der Waals surface area contributed by atoms with Crippen molar-refractivity contribution in [2.45, 2.75) is 64.1 Å². The Morgan fingerprint density at radius 3 is 2.86 bits per heavy atom. The van der Waals surface area contributed by atoms with Crippen molar-refractivity contribution in [2.24, 2.45) is 5.92 Å². The average molecular weight is 404 g/mol. The third kappa shape index (κ3) is 5.68. The maximum absolute atomic E-state index is 12.7. The highest BCUT2D eigenvalue weighted by atomic mass is 16.2. The molecule has 3 aliphatic rings. The Morgan fingerprint density at radius 1 is 1.17 bits per heavy atom. The van der Waals surface area contributed by atoms with Crippen LogP contribution < -0.4 is 10.6 Å². The number of nitrogens with zero attached hydrogens (tertiary/aromatic N) is 5. The van der Waals surface area contributed by atoms with Crippen molar-refractivity contribution >= 4 is 11.9 Å². The molecule has 9 heteroatoms. The van der Waals surface area contributed by atoms with E-state index in [-0.39, 0.29) is 11.9 Å². The molecule has 0 bridgehead atoms. The molecule has 1 aromatic heterocycles. The van der Waals surface area contributed by atoms with E-state index in [1.165, 1.54) is 19.3 Å². The first kappa shape index (κ1) is 20.1. The Kier molecular flexibility index (Phi) is 6.63. The van der Waals surface area contributed by atoms with Gasteiger partial charge in [0.15, 0.2) is 0 Å². The van der Waals surface area contributed by atoms with E-state index in [0.717, 1.165) is 57.6 Å². The maximum Gasteiger partial charge on any atom is 0.317 e. The molecule has 9 nitrogen and oxygen atoms in total. The summed E-state index contributed by atoms with van der Waals surface area (Å²) in [4.78, 5) is 28.2. The molecule has 1 saturated carbocycles. The number of carbonyl (C=O) groups is 2. The van der Waals surface area contributed by atoms with Crippen LogP contribution in [0.1, 0.15) is 50.6 Å². The first-order valence-electron chi connectivity index (χ1n) is 11.1. The first-order chi connectivity index (χ1) is 14.2. The van der Waals surface area contributed by atoms with Crippen LogP contribution in [-0.4, -0.2) is 75.5 Å². The van der Waals surface area contributed by atoms with E-state index >= 15 is 0 Å². The highest BCUT2D eigenvalue weighted by Crippen LogP contribution is 2.21. The van der Waals surface area contributed by atoms with Gasteiger partial charge in [-0.3, -0.25) is 14.4 Å². The zero-order chi connectivity index (χ0) is 20.1. The number of carbonyl (C=O) groups excluding carboxylic acids is 2. The largest absolute Gasteiger partial charge is 0.354 e. The molecule has 2 N–H and O–H groups in total. The van der Waals surface area contributed by atoms with Gasteiger partial charge >= 0.3 is 6.03 Å². The fourth-order valence-corrected chi connectivity index (χ4v) is 4.73. The fourth-order valence-electron chi connectivity index (χ4n) is 4.73. The van der Waals surface area contributed by atoms with E-state index < -0.39 is 0 Å². The summed E-state index contributed by atoms with van der Waals surface area (Å²) in [5, 5.41) is 14.6. The summed E-state index contributed by atoms with van der Waals surface area (Å²) in [5.74, 6) is 0.466. The van der Waals surface area contributed by atoms with Gasteiger partial charge in [-0.25, -0.2) is 4.79 Å². The molecule has 3 heterocycles. The molecule has 2 saturated heterocycles. The molecular formula is C20H33N7O2. The molecule has 0 radical (unpaired) electrons. The summed E-state index contributed by atoms with van der Waals surface area (Å²) in [5.41, 5.74) is 0.891. The van der Waals surface area contributed by atoms with Gasteiger partial charge in [0.25, 0.3) is 0 Å². The predicted molar refractivity (Wildman–Crippen MR) is 108 cm³/mol. The second kappa shape index (κ2) is 9.56. The third-order valence-corrected chi connectivity index (χ3v) is 6.27. The molecule has 4 rings (SSSR count). The number of urea groups is 1.